The van der Waals surface area contributed by atoms with Crippen LogP contribution in [0.25, 0.3) is 0 Å². The topological polar surface area (TPSA) is 80.7 Å². The highest BCUT2D eigenvalue weighted by atomic mass is 19.4. The lowest BCUT2D eigenvalue weighted by Crippen LogP contribution is -2.47. The van der Waals surface area contributed by atoms with Crippen molar-refractivity contribution in [2.24, 2.45) is 5.41 Å². The smallest absolute Gasteiger partial charge is 0.416 e. The van der Waals surface area contributed by atoms with Crippen molar-refractivity contribution in [1.29, 1.82) is 0 Å². The Labute approximate surface area is 257 Å². The number of benzene rings is 2. The summed E-state index contributed by atoms with van der Waals surface area (Å²) in [6.07, 6.45) is -2.07. The molecule has 7 nitrogen and oxygen atoms in total. The van der Waals surface area contributed by atoms with Crippen molar-refractivity contribution in [3.05, 3.63) is 71.4 Å². The molecule has 0 bridgehead atoms. The third-order valence-electron chi connectivity index (χ3n) is 8.53. The number of alkyl halides is 3. The number of fused-ring (bicyclic) bond motifs is 2. The van der Waals surface area contributed by atoms with E-state index in [-0.39, 0.29) is 40.2 Å². The summed E-state index contributed by atoms with van der Waals surface area (Å²) in [5, 5.41) is 16.7. The zero-order chi connectivity index (χ0) is 32.1. The number of piperidine rings is 1. The van der Waals surface area contributed by atoms with Gasteiger partial charge in [-0.2, -0.15) is 13.2 Å². The molecule has 236 valence electrons. The maximum Gasteiger partial charge on any atom is 0.416 e. The molecule has 0 atom stereocenters. The number of nitrogens with zero attached hydrogens (tertiary/aromatic N) is 3. The Balaban J connectivity index is 1.47. The molecule has 1 aromatic heterocycles. The second-order valence-electron chi connectivity index (χ2n) is 14.3. The van der Waals surface area contributed by atoms with E-state index in [0.29, 0.717) is 37.3 Å². The van der Waals surface area contributed by atoms with Gasteiger partial charge >= 0.3 is 12.2 Å². The molecule has 2 aromatic carbocycles. The molecule has 3 aromatic rings. The van der Waals surface area contributed by atoms with Gasteiger partial charge in [-0.3, -0.25) is 0 Å². The van der Waals surface area contributed by atoms with Crippen molar-refractivity contribution in [1.82, 2.24) is 9.88 Å². The van der Waals surface area contributed by atoms with Crippen LogP contribution in [0, 0.1) is 5.41 Å². The van der Waals surface area contributed by atoms with E-state index in [2.05, 4.69) is 62.1 Å². The molecule has 0 aliphatic carbocycles. The van der Waals surface area contributed by atoms with Crippen molar-refractivity contribution in [3.63, 3.8) is 0 Å². The highest BCUT2D eigenvalue weighted by Crippen LogP contribution is 2.57. The summed E-state index contributed by atoms with van der Waals surface area (Å²) in [6.45, 7) is 15.1. The van der Waals surface area contributed by atoms with Crippen molar-refractivity contribution in [2.75, 3.05) is 41.7 Å². The van der Waals surface area contributed by atoms with Crippen LogP contribution in [0.5, 0.6) is 5.75 Å². The van der Waals surface area contributed by atoms with E-state index in [4.69, 9.17) is 0 Å². The number of hydrogen-bond donors (Lipinski definition) is 3. The third-order valence-corrected chi connectivity index (χ3v) is 8.53. The Bertz CT molecular complexity index is 1520. The maximum atomic E-state index is 14.5. The molecule has 0 radical (unpaired) electrons. The predicted molar refractivity (Wildman–Crippen MR) is 169 cm³/mol. The molecule has 1 saturated heterocycles. The number of hydrogen-bond acceptors (Lipinski definition) is 5. The van der Waals surface area contributed by atoms with Crippen LogP contribution >= 0.6 is 0 Å². The van der Waals surface area contributed by atoms with E-state index in [0.717, 1.165) is 24.2 Å². The number of rotatable bonds is 4. The Morgan fingerprint density at radius 3 is 2.20 bits per heavy atom. The number of aromatic nitrogens is 1. The van der Waals surface area contributed by atoms with Gasteiger partial charge in [0.25, 0.3) is 0 Å². The molecule has 2 amide bonds. The molecule has 3 heterocycles. The first-order valence-corrected chi connectivity index (χ1v) is 15.0. The minimum Gasteiger partial charge on any atom is -0.506 e. The van der Waals surface area contributed by atoms with Gasteiger partial charge < -0.3 is 25.5 Å². The van der Waals surface area contributed by atoms with E-state index in [9.17, 15) is 23.1 Å². The number of nitrogens with one attached hydrogen (secondary N) is 2. The number of carbonyl (C=O) groups is 1. The second kappa shape index (κ2) is 11.3. The highest BCUT2D eigenvalue weighted by molar-refractivity contribution is 6.02. The van der Waals surface area contributed by atoms with Crippen LogP contribution in [0.4, 0.5) is 40.8 Å². The number of urea groups is 1. The lowest BCUT2D eigenvalue weighted by molar-refractivity contribution is -0.138. The summed E-state index contributed by atoms with van der Waals surface area (Å²) in [7, 11) is 0. The first-order valence-electron chi connectivity index (χ1n) is 15.0. The van der Waals surface area contributed by atoms with Gasteiger partial charge in [0.15, 0.2) is 5.82 Å². The molecule has 3 N–H and O–H groups in total. The van der Waals surface area contributed by atoms with Gasteiger partial charge in [-0.15, -0.1) is 0 Å². The molecular weight excluding hydrogens is 567 g/mol. The summed E-state index contributed by atoms with van der Waals surface area (Å²) in [6, 6.07) is 12.5. The van der Waals surface area contributed by atoms with Crippen LogP contribution in [-0.4, -0.2) is 47.2 Å². The average molecular weight is 610 g/mol. The molecule has 5 rings (SSSR count). The van der Waals surface area contributed by atoms with Crippen LogP contribution in [0.3, 0.4) is 0 Å². The number of anilines is 4. The van der Waals surface area contributed by atoms with E-state index >= 15 is 0 Å². The van der Waals surface area contributed by atoms with Gasteiger partial charge in [0.05, 0.1) is 16.9 Å². The van der Waals surface area contributed by atoms with Crippen molar-refractivity contribution in [3.8, 4) is 5.75 Å². The lowest BCUT2D eigenvalue weighted by atomic mass is 9.72. The molecule has 1 spiro atoms. The average Bonchev–Trinajstić information content (AvgIpc) is 3.24. The molecule has 1 fully saturated rings. The van der Waals surface area contributed by atoms with Crippen LogP contribution in [0.1, 0.15) is 71.1 Å². The van der Waals surface area contributed by atoms with Crippen LogP contribution in [-0.2, 0) is 17.0 Å². The fourth-order valence-electron chi connectivity index (χ4n) is 6.53. The summed E-state index contributed by atoms with van der Waals surface area (Å²) >= 11 is 0. The van der Waals surface area contributed by atoms with Crippen molar-refractivity contribution >= 4 is 28.9 Å². The third kappa shape index (κ3) is 6.50. The first-order chi connectivity index (χ1) is 20.5. The normalized spacial score (nSPS) is 17.1. The van der Waals surface area contributed by atoms with Crippen LogP contribution in [0.2, 0.25) is 0 Å². The number of halogens is 3. The summed E-state index contributed by atoms with van der Waals surface area (Å²) in [4.78, 5) is 21.6. The van der Waals surface area contributed by atoms with Crippen molar-refractivity contribution in [2.45, 2.75) is 71.4 Å². The Hall–Kier alpha value is -3.79. The van der Waals surface area contributed by atoms with E-state index in [1.165, 1.54) is 6.20 Å². The van der Waals surface area contributed by atoms with Gasteiger partial charge in [-0.1, -0.05) is 53.7 Å². The number of aromatic hydroxyl groups is 1. The standard InChI is InChI=1S/C34H42F3N5O2/c1-31(2,3)20-41-18-15-33(16-19-41)21-42(28-26(43)14-13-24(27(28)33)34(35,36)37)29-25(8-7-17-38-29)40-30(44)39-23-11-9-22(10-12-23)32(4,5)6/h7-14,17,43H,15-16,18-21H2,1-6H3,(H2,39,40,44). The molecule has 2 aliphatic rings. The monoisotopic (exact) mass is 609 g/mol. The number of phenolic OH excluding ortho intramolecular Hbond substituents is 1. The molecular formula is C34H42F3N5O2. The fraction of sp³-hybridized carbons (Fsp3) is 0.471. The molecule has 0 unspecified atom stereocenters. The number of amides is 2. The number of phenols is 1. The predicted octanol–water partition coefficient (Wildman–Crippen LogP) is 8.28. The molecule has 10 heteroatoms. The van der Waals surface area contributed by atoms with Crippen molar-refractivity contribution < 1.29 is 23.1 Å². The van der Waals surface area contributed by atoms with Gasteiger partial charge in [-0.05, 0) is 84.3 Å². The minimum absolute atomic E-state index is 0.0322. The summed E-state index contributed by atoms with van der Waals surface area (Å²) in [5.41, 5.74) is 0.699. The van der Waals surface area contributed by atoms with Gasteiger partial charge in [-0.25, -0.2) is 9.78 Å². The van der Waals surface area contributed by atoms with Crippen LogP contribution < -0.4 is 15.5 Å². The Morgan fingerprint density at radius 2 is 1.61 bits per heavy atom. The molecule has 0 saturated carbocycles. The molecule has 44 heavy (non-hydrogen) atoms. The minimum atomic E-state index is -4.60. The Morgan fingerprint density at radius 1 is 0.955 bits per heavy atom. The van der Waals surface area contributed by atoms with Gasteiger partial charge in [0.2, 0.25) is 0 Å². The van der Waals surface area contributed by atoms with Gasteiger partial charge in [0.1, 0.15) is 5.75 Å². The highest BCUT2D eigenvalue weighted by Gasteiger charge is 2.52. The van der Waals surface area contributed by atoms with Gasteiger partial charge in [0, 0.05) is 30.4 Å². The van der Waals surface area contributed by atoms with Crippen LogP contribution in [0.15, 0.2) is 54.7 Å². The number of carbonyl (C=O) groups excluding carboxylic acids is 1. The van der Waals surface area contributed by atoms with E-state index < -0.39 is 23.2 Å². The summed E-state index contributed by atoms with van der Waals surface area (Å²) in [5.74, 6) is 0.0255. The fourth-order valence-corrected chi connectivity index (χ4v) is 6.53. The number of likely N-dealkylation sites (tertiary alicyclic amines) is 1. The zero-order valence-corrected chi connectivity index (χ0v) is 26.3. The van der Waals surface area contributed by atoms with E-state index in [1.54, 1.807) is 17.0 Å². The number of pyridine rings is 1. The SMILES string of the molecule is CC(C)(C)CN1CCC2(CC1)CN(c1ncccc1NC(=O)Nc1ccc(C(C)(C)C)cc1)c1c(O)ccc(C(F)(F)F)c12. The Kier molecular flexibility index (Phi) is 8.12. The maximum absolute atomic E-state index is 14.5. The van der Waals surface area contributed by atoms with E-state index in [1.807, 2.05) is 24.3 Å². The molecule has 2 aliphatic heterocycles. The zero-order valence-electron chi connectivity index (χ0n) is 26.3. The first kappa shape index (κ1) is 31.6. The quantitative estimate of drug-likeness (QED) is 0.277. The largest absolute Gasteiger partial charge is 0.506 e. The summed E-state index contributed by atoms with van der Waals surface area (Å²) < 4.78 is 43.5. The lowest BCUT2D eigenvalue weighted by Gasteiger charge is -2.42. The second-order valence-corrected chi connectivity index (χ2v) is 14.3.